The van der Waals surface area contributed by atoms with Crippen LogP contribution < -0.4 is 5.32 Å². The van der Waals surface area contributed by atoms with Gasteiger partial charge in [0.05, 0.1) is 19.1 Å². The van der Waals surface area contributed by atoms with Crippen molar-refractivity contribution in [3.63, 3.8) is 0 Å². The zero-order chi connectivity index (χ0) is 8.60. The average Bonchev–Trinajstić information content (AvgIpc) is 2.48. The fourth-order valence-electron chi connectivity index (χ4n) is 3.13. The number of fused-ring (bicyclic) bond motifs is 1. The molecule has 2 aliphatic rings. The number of rotatable bonds is 1. The van der Waals surface area contributed by atoms with Gasteiger partial charge >= 0.3 is 0 Å². The summed E-state index contributed by atoms with van der Waals surface area (Å²) in [4.78, 5) is 0. The Morgan fingerprint density at radius 3 is 2.83 bits per heavy atom. The summed E-state index contributed by atoms with van der Waals surface area (Å²) in [6, 6.07) is 1.76. The van der Waals surface area contributed by atoms with Crippen LogP contribution in [0.2, 0.25) is 0 Å². The highest BCUT2D eigenvalue weighted by atomic mass is 15.4. The Kier molecular flexibility index (Phi) is 2.13. The van der Waals surface area contributed by atoms with Crippen LogP contribution in [0.4, 0.5) is 0 Å². The molecule has 0 amide bonds. The number of hydrogen-bond acceptors (Lipinski definition) is 1. The van der Waals surface area contributed by atoms with E-state index < -0.39 is 0 Å². The second kappa shape index (κ2) is 3.00. The van der Waals surface area contributed by atoms with Gasteiger partial charge in [-0.25, -0.2) is 0 Å². The van der Waals surface area contributed by atoms with E-state index >= 15 is 0 Å². The minimum Gasteiger partial charge on any atom is -0.317 e. The number of hydrogen-bond donors (Lipinski definition) is 1. The van der Waals surface area contributed by atoms with Gasteiger partial charge in [-0.1, -0.05) is 0 Å². The van der Waals surface area contributed by atoms with Gasteiger partial charge < -0.3 is 9.80 Å². The lowest BCUT2D eigenvalue weighted by Gasteiger charge is -2.46. The molecule has 0 bridgehead atoms. The van der Waals surface area contributed by atoms with Gasteiger partial charge in [-0.05, 0) is 13.8 Å². The van der Waals surface area contributed by atoms with Crippen molar-refractivity contribution < 1.29 is 4.48 Å². The van der Waals surface area contributed by atoms with E-state index in [9.17, 15) is 0 Å². The van der Waals surface area contributed by atoms with Crippen molar-refractivity contribution in [1.29, 1.82) is 0 Å². The molecular weight excluding hydrogens is 148 g/mol. The Labute approximate surface area is 75.5 Å². The Hall–Kier alpha value is -0.0800. The fraction of sp³-hybridized carbons (Fsp3) is 1.00. The number of piperazine rings is 1. The molecule has 0 aliphatic carbocycles. The summed E-state index contributed by atoms with van der Waals surface area (Å²) < 4.78 is 1.41. The molecule has 2 heteroatoms. The molecule has 2 unspecified atom stereocenters. The topological polar surface area (TPSA) is 12.0 Å². The zero-order valence-corrected chi connectivity index (χ0v) is 8.34. The first-order valence-electron chi connectivity index (χ1n) is 5.33. The van der Waals surface area contributed by atoms with Crippen molar-refractivity contribution in [2.24, 2.45) is 0 Å². The maximum atomic E-state index is 3.52. The Morgan fingerprint density at radius 2 is 2.17 bits per heavy atom. The fourth-order valence-corrected chi connectivity index (χ4v) is 3.13. The molecule has 12 heavy (non-hydrogen) atoms. The third-order valence-electron chi connectivity index (χ3n) is 3.95. The van der Waals surface area contributed by atoms with Crippen LogP contribution in [-0.4, -0.2) is 42.7 Å². The standard InChI is InChI=1S/C10H21N2/c1-9(2)12-6-3-4-10(12)8-11-5-7-12/h9-11H,3-8H2,1-2H3/q+1. The van der Waals surface area contributed by atoms with Crippen molar-refractivity contribution >= 4 is 0 Å². The van der Waals surface area contributed by atoms with E-state index in [1.165, 1.54) is 43.5 Å². The first-order valence-corrected chi connectivity index (χ1v) is 5.33. The number of nitrogens with zero attached hydrogens (tertiary/aromatic N) is 1. The molecule has 1 N–H and O–H groups in total. The van der Waals surface area contributed by atoms with Crippen LogP contribution >= 0.6 is 0 Å². The quantitative estimate of drug-likeness (QED) is 0.577. The monoisotopic (exact) mass is 169 g/mol. The van der Waals surface area contributed by atoms with E-state index in [-0.39, 0.29) is 0 Å². The third-order valence-corrected chi connectivity index (χ3v) is 3.95. The van der Waals surface area contributed by atoms with Crippen LogP contribution in [0.1, 0.15) is 26.7 Å². The lowest BCUT2D eigenvalue weighted by Crippen LogP contribution is -2.64. The predicted molar refractivity (Wildman–Crippen MR) is 51.0 cm³/mol. The summed E-state index contributed by atoms with van der Waals surface area (Å²) in [6.45, 7) is 10.1. The molecule has 0 saturated carbocycles. The molecule has 0 radical (unpaired) electrons. The summed E-state index contributed by atoms with van der Waals surface area (Å²) in [5.41, 5.74) is 0. The summed E-state index contributed by atoms with van der Waals surface area (Å²) >= 11 is 0. The Bertz CT molecular complexity index is 167. The third kappa shape index (κ3) is 1.09. The average molecular weight is 169 g/mol. The smallest absolute Gasteiger partial charge is 0.102 e. The summed E-state index contributed by atoms with van der Waals surface area (Å²) in [6.07, 6.45) is 2.90. The molecular formula is C10H21N2+. The van der Waals surface area contributed by atoms with E-state index in [0.29, 0.717) is 0 Å². The molecule has 0 aromatic carbocycles. The van der Waals surface area contributed by atoms with Crippen LogP contribution in [0.25, 0.3) is 0 Å². The minimum absolute atomic E-state index is 0.833. The van der Waals surface area contributed by atoms with E-state index in [1.54, 1.807) is 0 Å². The van der Waals surface area contributed by atoms with E-state index in [1.807, 2.05) is 0 Å². The van der Waals surface area contributed by atoms with Gasteiger partial charge in [0.2, 0.25) is 0 Å². The Morgan fingerprint density at radius 1 is 1.33 bits per heavy atom. The van der Waals surface area contributed by atoms with Crippen molar-refractivity contribution in [3.05, 3.63) is 0 Å². The van der Waals surface area contributed by atoms with Crippen molar-refractivity contribution in [2.45, 2.75) is 38.8 Å². The molecule has 2 nitrogen and oxygen atoms in total. The van der Waals surface area contributed by atoms with E-state index in [0.717, 1.165) is 12.1 Å². The van der Waals surface area contributed by atoms with Crippen molar-refractivity contribution in [2.75, 3.05) is 26.2 Å². The molecule has 70 valence electrons. The van der Waals surface area contributed by atoms with Crippen molar-refractivity contribution in [1.82, 2.24) is 5.32 Å². The highest BCUT2D eigenvalue weighted by Crippen LogP contribution is 2.31. The van der Waals surface area contributed by atoms with Crippen LogP contribution in [0, 0.1) is 0 Å². The van der Waals surface area contributed by atoms with Crippen LogP contribution in [0.5, 0.6) is 0 Å². The van der Waals surface area contributed by atoms with E-state index in [2.05, 4.69) is 19.2 Å². The summed E-state index contributed by atoms with van der Waals surface area (Å²) in [5, 5.41) is 3.52. The number of quaternary nitrogens is 1. The van der Waals surface area contributed by atoms with Gasteiger partial charge in [0.15, 0.2) is 0 Å². The molecule has 2 rings (SSSR count). The van der Waals surface area contributed by atoms with Gasteiger partial charge in [0.1, 0.15) is 6.04 Å². The largest absolute Gasteiger partial charge is 0.317 e. The molecule has 2 atom stereocenters. The van der Waals surface area contributed by atoms with Crippen LogP contribution in [0.15, 0.2) is 0 Å². The second-order valence-corrected chi connectivity index (χ2v) is 4.64. The maximum absolute atomic E-state index is 3.52. The predicted octanol–water partition coefficient (Wildman–Crippen LogP) is 0.977. The van der Waals surface area contributed by atoms with E-state index in [4.69, 9.17) is 0 Å². The maximum Gasteiger partial charge on any atom is 0.102 e. The molecule has 2 fully saturated rings. The van der Waals surface area contributed by atoms with Gasteiger partial charge in [-0.3, -0.25) is 0 Å². The molecule has 2 saturated heterocycles. The van der Waals surface area contributed by atoms with Gasteiger partial charge in [0, 0.05) is 25.9 Å². The van der Waals surface area contributed by atoms with Crippen LogP contribution in [0.3, 0.4) is 0 Å². The lowest BCUT2D eigenvalue weighted by molar-refractivity contribution is -0.960. The Balaban J connectivity index is 2.17. The van der Waals surface area contributed by atoms with Gasteiger partial charge in [-0.15, -0.1) is 0 Å². The molecule has 2 aliphatic heterocycles. The number of nitrogens with one attached hydrogen (secondary N) is 1. The van der Waals surface area contributed by atoms with Crippen LogP contribution in [-0.2, 0) is 0 Å². The van der Waals surface area contributed by atoms with Gasteiger partial charge in [0.25, 0.3) is 0 Å². The summed E-state index contributed by atoms with van der Waals surface area (Å²) in [7, 11) is 0. The van der Waals surface area contributed by atoms with Crippen molar-refractivity contribution in [3.8, 4) is 0 Å². The normalized spacial score (nSPS) is 41.8. The molecule has 2 heterocycles. The van der Waals surface area contributed by atoms with Gasteiger partial charge in [-0.2, -0.15) is 0 Å². The first kappa shape index (κ1) is 8.52. The molecule has 0 aromatic rings. The summed E-state index contributed by atoms with van der Waals surface area (Å²) in [5.74, 6) is 0. The SMILES string of the molecule is CC(C)[N+]12CCCC1CNCC2. The zero-order valence-electron chi connectivity index (χ0n) is 8.34. The highest BCUT2D eigenvalue weighted by Gasteiger charge is 2.45. The lowest BCUT2D eigenvalue weighted by atomic mass is 10.1. The highest BCUT2D eigenvalue weighted by molar-refractivity contribution is 4.76. The molecule has 0 spiro atoms. The second-order valence-electron chi connectivity index (χ2n) is 4.64. The first-order chi connectivity index (χ1) is 5.76. The minimum atomic E-state index is 0.833. The molecule has 0 aromatic heterocycles.